The molecule has 0 saturated carbocycles. The lowest BCUT2D eigenvalue weighted by molar-refractivity contribution is 0.107. The molecule has 2 rings (SSSR count). The van der Waals surface area contributed by atoms with Crippen LogP contribution in [0.2, 0.25) is 0 Å². The molecule has 0 saturated heterocycles. The van der Waals surface area contributed by atoms with Crippen LogP contribution in [0.3, 0.4) is 0 Å². The van der Waals surface area contributed by atoms with Gasteiger partial charge in [-0.25, -0.2) is 9.97 Å². The Morgan fingerprint density at radius 3 is 2.92 bits per heavy atom. The van der Waals surface area contributed by atoms with Crippen LogP contribution in [0, 0.1) is 0 Å². The van der Waals surface area contributed by atoms with E-state index in [9.17, 15) is 4.79 Å². The molecule has 0 aliphatic rings. The van der Waals surface area contributed by atoms with Gasteiger partial charge in [-0.2, -0.15) is 0 Å². The Labute approximate surface area is 86.7 Å². The van der Waals surface area contributed by atoms with Crippen molar-refractivity contribution >= 4 is 38.4 Å². The molecule has 2 aromatic heterocycles. The highest BCUT2D eigenvalue weighted by Gasteiger charge is 2.09. The Hall–Kier alpha value is -0.940. The van der Waals surface area contributed by atoms with E-state index in [1.165, 1.54) is 6.20 Å². The van der Waals surface area contributed by atoms with Gasteiger partial charge in [-0.15, -0.1) is 0 Å². The van der Waals surface area contributed by atoms with Crippen LogP contribution in [0.4, 0.5) is 0 Å². The molecule has 66 valence electrons. The number of nitrogens with zero attached hydrogens (tertiary/aromatic N) is 3. The van der Waals surface area contributed by atoms with Crippen LogP contribution in [0.15, 0.2) is 23.2 Å². The van der Waals surface area contributed by atoms with Crippen LogP contribution in [-0.2, 0) is 0 Å². The number of fused-ring (bicyclic) bond motifs is 1. The Kier molecular flexibility index (Phi) is 2.05. The first-order chi connectivity index (χ1) is 6.18. The Morgan fingerprint density at radius 2 is 2.23 bits per heavy atom. The molecule has 0 bridgehead atoms. The van der Waals surface area contributed by atoms with Gasteiger partial charge in [0.1, 0.15) is 10.3 Å². The number of carbonyl (C=O) groups excluding carboxylic acids is 1. The summed E-state index contributed by atoms with van der Waals surface area (Å²) in [5, 5.41) is -0.536. The fourth-order valence-corrected chi connectivity index (χ4v) is 1.46. The van der Waals surface area contributed by atoms with Gasteiger partial charge < -0.3 is 0 Å². The van der Waals surface area contributed by atoms with Gasteiger partial charge in [0.25, 0.3) is 5.24 Å². The molecule has 2 aromatic rings. The predicted octanol–water partition coefficient (Wildman–Crippen LogP) is 1.87. The average molecular weight is 260 g/mol. The average Bonchev–Trinajstić information content (AvgIpc) is 2.46. The maximum Gasteiger partial charge on any atom is 0.270 e. The molecular weight excluding hydrogens is 257 g/mol. The molecule has 0 radical (unpaired) electrons. The molecule has 6 heteroatoms. The zero-order chi connectivity index (χ0) is 9.42. The van der Waals surface area contributed by atoms with E-state index in [0.717, 1.165) is 0 Å². The minimum absolute atomic E-state index is 0.333. The number of halogens is 2. The summed E-state index contributed by atoms with van der Waals surface area (Å²) in [6, 6.07) is 0. The Bertz CT molecular complexity index is 482. The standard InChI is InChI=1S/C7H3BrClN3O/c8-5-3-12-4(7(9)13)1-11-6(12)2-10-5/h1-3H. The van der Waals surface area contributed by atoms with E-state index in [0.29, 0.717) is 15.9 Å². The molecule has 0 spiro atoms. The third-order valence-corrected chi connectivity index (χ3v) is 2.17. The third-order valence-electron chi connectivity index (χ3n) is 1.57. The molecule has 0 amide bonds. The maximum atomic E-state index is 10.9. The summed E-state index contributed by atoms with van der Waals surface area (Å²) in [6.07, 6.45) is 4.60. The fourth-order valence-electron chi connectivity index (χ4n) is 1.01. The van der Waals surface area contributed by atoms with Crippen LogP contribution in [-0.4, -0.2) is 19.6 Å². The second kappa shape index (κ2) is 3.08. The second-order valence-electron chi connectivity index (χ2n) is 2.36. The molecular formula is C7H3BrClN3O. The van der Waals surface area contributed by atoms with Gasteiger partial charge in [0.15, 0.2) is 5.65 Å². The van der Waals surface area contributed by atoms with Crippen molar-refractivity contribution in [1.29, 1.82) is 0 Å². The minimum atomic E-state index is -0.536. The number of carbonyl (C=O) groups is 1. The molecule has 0 unspecified atom stereocenters. The molecule has 13 heavy (non-hydrogen) atoms. The lowest BCUT2D eigenvalue weighted by Crippen LogP contribution is -1.96. The van der Waals surface area contributed by atoms with Gasteiger partial charge in [-0.3, -0.25) is 9.20 Å². The van der Waals surface area contributed by atoms with Crippen molar-refractivity contribution in [2.75, 3.05) is 0 Å². The summed E-state index contributed by atoms with van der Waals surface area (Å²) in [5.74, 6) is 0. The molecule has 0 aromatic carbocycles. The van der Waals surface area contributed by atoms with E-state index in [-0.39, 0.29) is 0 Å². The zero-order valence-electron chi connectivity index (χ0n) is 6.24. The van der Waals surface area contributed by atoms with Crippen LogP contribution in [0.5, 0.6) is 0 Å². The first-order valence-corrected chi connectivity index (χ1v) is 4.54. The van der Waals surface area contributed by atoms with Crippen LogP contribution < -0.4 is 0 Å². The molecule has 0 aliphatic heterocycles. The Morgan fingerprint density at radius 1 is 1.46 bits per heavy atom. The van der Waals surface area contributed by atoms with Gasteiger partial charge >= 0.3 is 0 Å². The van der Waals surface area contributed by atoms with Crippen LogP contribution in [0.1, 0.15) is 10.5 Å². The summed E-state index contributed by atoms with van der Waals surface area (Å²) in [5.41, 5.74) is 0.923. The molecule has 2 heterocycles. The monoisotopic (exact) mass is 259 g/mol. The van der Waals surface area contributed by atoms with Crippen molar-refractivity contribution < 1.29 is 4.79 Å². The molecule has 0 N–H and O–H groups in total. The summed E-state index contributed by atoms with van der Waals surface area (Å²) in [4.78, 5) is 18.8. The highest BCUT2D eigenvalue weighted by atomic mass is 79.9. The topological polar surface area (TPSA) is 47.3 Å². The predicted molar refractivity (Wildman–Crippen MR) is 50.9 cm³/mol. The van der Waals surface area contributed by atoms with Gasteiger partial charge in [0.2, 0.25) is 0 Å². The highest BCUT2D eigenvalue weighted by Crippen LogP contribution is 2.11. The molecule has 0 atom stereocenters. The van der Waals surface area contributed by atoms with E-state index in [4.69, 9.17) is 11.6 Å². The van der Waals surface area contributed by atoms with Gasteiger partial charge in [-0.05, 0) is 27.5 Å². The summed E-state index contributed by atoms with van der Waals surface area (Å²) >= 11 is 8.53. The highest BCUT2D eigenvalue weighted by molar-refractivity contribution is 9.10. The van der Waals surface area contributed by atoms with Crippen molar-refractivity contribution in [2.45, 2.75) is 0 Å². The lowest BCUT2D eigenvalue weighted by atomic mass is 10.5. The van der Waals surface area contributed by atoms with E-state index >= 15 is 0 Å². The van der Waals surface area contributed by atoms with Gasteiger partial charge in [0, 0.05) is 6.20 Å². The summed E-state index contributed by atoms with van der Waals surface area (Å²) < 4.78 is 2.20. The number of hydrogen-bond acceptors (Lipinski definition) is 3. The third kappa shape index (κ3) is 1.45. The second-order valence-corrected chi connectivity index (χ2v) is 3.51. The molecule has 4 nitrogen and oxygen atoms in total. The minimum Gasteiger partial charge on any atom is -0.292 e. The molecule has 0 aliphatic carbocycles. The number of aromatic nitrogens is 3. The van der Waals surface area contributed by atoms with Crippen molar-refractivity contribution in [2.24, 2.45) is 0 Å². The quantitative estimate of drug-likeness (QED) is 0.736. The lowest BCUT2D eigenvalue weighted by Gasteiger charge is -1.95. The fraction of sp³-hybridized carbons (Fsp3) is 0. The van der Waals surface area contributed by atoms with Gasteiger partial charge in [0.05, 0.1) is 12.4 Å². The zero-order valence-corrected chi connectivity index (χ0v) is 8.58. The number of imidazole rings is 1. The van der Waals surface area contributed by atoms with Crippen molar-refractivity contribution in [3.63, 3.8) is 0 Å². The molecule has 0 fully saturated rings. The first kappa shape index (κ1) is 8.65. The Balaban J connectivity index is 2.79. The van der Waals surface area contributed by atoms with E-state index in [1.54, 1.807) is 16.8 Å². The SMILES string of the molecule is O=C(Cl)c1cnc2cnc(Br)cn12. The van der Waals surface area contributed by atoms with Crippen molar-refractivity contribution in [3.8, 4) is 0 Å². The van der Waals surface area contributed by atoms with Crippen molar-refractivity contribution in [1.82, 2.24) is 14.4 Å². The number of hydrogen-bond donors (Lipinski definition) is 0. The maximum absolute atomic E-state index is 10.9. The largest absolute Gasteiger partial charge is 0.292 e. The van der Waals surface area contributed by atoms with Crippen LogP contribution in [0.25, 0.3) is 5.65 Å². The van der Waals surface area contributed by atoms with Gasteiger partial charge in [-0.1, -0.05) is 0 Å². The van der Waals surface area contributed by atoms with E-state index < -0.39 is 5.24 Å². The number of rotatable bonds is 1. The van der Waals surface area contributed by atoms with Crippen LogP contribution >= 0.6 is 27.5 Å². The smallest absolute Gasteiger partial charge is 0.270 e. The summed E-state index contributed by atoms with van der Waals surface area (Å²) in [7, 11) is 0. The van der Waals surface area contributed by atoms with Crippen molar-refractivity contribution in [3.05, 3.63) is 28.9 Å². The normalized spacial score (nSPS) is 10.6. The van der Waals surface area contributed by atoms with E-state index in [2.05, 4.69) is 25.9 Å². The summed E-state index contributed by atoms with van der Waals surface area (Å²) in [6.45, 7) is 0. The van der Waals surface area contributed by atoms with E-state index in [1.807, 2.05) is 0 Å². The first-order valence-electron chi connectivity index (χ1n) is 3.37.